The van der Waals surface area contributed by atoms with E-state index in [1.807, 2.05) is 37.3 Å². The second kappa shape index (κ2) is 9.45. The summed E-state index contributed by atoms with van der Waals surface area (Å²) in [7, 11) is 1.33. The molecule has 0 radical (unpaired) electrons. The Morgan fingerprint density at radius 3 is 2.45 bits per heavy atom. The molecule has 1 aromatic heterocycles. The van der Waals surface area contributed by atoms with Crippen molar-refractivity contribution in [1.82, 2.24) is 15.1 Å². The van der Waals surface area contributed by atoms with E-state index in [0.717, 1.165) is 5.56 Å². The summed E-state index contributed by atoms with van der Waals surface area (Å²) in [6.07, 6.45) is 0. The van der Waals surface area contributed by atoms with Gasteiger partial charge >= 0.3 is 5.97 Å². The van der Waals surface area contributed by atoms with E-state index in [0.29, 0.717) is 30.2 Å². The predicted octanol–water partition coefficient (Wildman–Crippen LogP) is 3.67. The van der Waals surface area contributed by atoms with E-state index in [1.165, 1.54) is 7.11 Å². The standard InChI is InChI=1S/C22H22N4O3/c1-3-26(15-16-8-5-4-6-9-16)21(27)19-12-13-20(25-24-19)23-18-11-7-10-17(14-18)22(28)29-2/h4-14H,3,15H2,1-2H3,(H,23,25). The smallest absolute Gasteiger partial charge is 0.337 e. The lowest BCUT2D eigenvalue weighted by Gasteiger charge is -2.20. The molecule has 0 saturated carbocycles. The van der Waals surface area contributed by atoms with Crippen molar-refractivity contribution in [2.24, 2.45) is 0 Å². The average Bonchev–Trinajstić information content (AvgIpc) is 2.78. The minimum Gasteiger partial charge on any atom is -0.465 e. The van der Waals surface area contributed by atoms with Gasteiger partial charge in [0.15, 0.2) is 11.5 Å². The van der Waals surface area contributed by atoms with Crippen LogP contribution in [0.1, 0.15) is 33.3 Å². The Bertz CT molecular complexity index is 975. The first kappa shape index (κ1) is 20.0. The van der Waals surface area contributed by atoms with Crippen LogP contribution in [0.3, 0.4) is 0 Å². The first-order chi connectivity index (χ1) is 14.1. The molecule has 1 heterocycles. The van der Waals surface area contributed by atoms with E-state index in [9.17, 15) is 9.59 Å². The third kappa shape index (κ3) is 5.16. The number of anilines is 2. The van der Waals surface area contributed by atoms with Crippen LogP contribution in [0.2, 0.25) is 0 Å². The van der Waals surface area contributed by atoms with Gasteiger partial charge in [-0.05, 0) is 42.8 Å². The molecular formula is C22H22N4O3. The van der Waals surface area contributed by atoms with Crippen LogP contribution in [-0.4, -0.2) is 40.6 Å². The van der Waals surface area contributed by atoms with Crippen molar-refractivity contribution in [2.75, 3.05) is 19.0 Å². The van der Waals surface area contributed by atoms with Gasteiger partial charge in [0.05, 0.1) is 12.7 Å². The molecule has 7 heteroatoms. The number of nitrogens with zero attached hydrogens (tertiary/aromatic N) is 3. The van der Waals surface area contributed by atoms with Crippen LogP contribution in [0.5, 0.6) is 0 Å². The number of carbonyl (C=O) groups excluding carboxylic acids is 2. The highest BCUT2D eigenvalue weighted by Gasteiger charge is 2.16. The van der Waals surface area contributed by atoms with Gasteiger partial charge in [-0.1, -0.05) is 36.4 Å². The van der Waals surface area contributed by atoms with Crippen molar-refractivity contribution in [3.8, 4) is 0 Å². The number of amides is 1. The lowest BCUT2D eigenvalue weighted by molar-refractivity contribution is 0.0600. The number of ether oxygens (including phenoxy) is 1. The molecule has 0 spiro atoms. The van der Waals surface area contributed by atoms with Crippen LogP contribution in [0, 0.1) is 0 Å². The average molecular weight is 390 g/mol. The van der Waals surface area contributed by atoms with E-state index in [1.54, 1.807) is 41.3 Å². The van der Waals surface area contributed by atoms with Crippen LogP contribution in [-0.2, 0) is 11.3 Å². The monoisotopic (exact) mass is 390 g/mol. The lowest BCUT2D eigenvalue weighted by Crippen LogP contribution is -2.31. The molecule has 0 aliphatic rings. The van der Waals surface area contributed by atoms with E-state index >= 15 is 0 Å². The molecule has 0 fully saturated rings. The van der Waals surface area contributed by atoms with Gasteiger partial charge in [0, 0.05) is 18.8 Å². The van der Waals surface area contributed by atoms with Gasteiger partial charge < -0.3 is 15.0 Å². The molecule has 1 amide bonds. The van der Waals surface area contributed by atoms with Crippen LogP contribution < -0.4 is 5.32 Å². The molecule has 0 bridgehead atoms. The summed E-state index contributed by atoms with van der Waals surface area (Å²) >= 11 is 0. The summed E-state index contributed by atoms with van der Waals surface area (Å²) < 4.78 is 4.72. The van der Waals surface area contributed by atoms with Crippen LogP contribution >= 0.6 is 0 Å². The Morgan fingerprint density at radius 2 is 1.79 bits per heavy atom. The number of carbonyl (C=O) groups is 2. The molecule has 0 saturated heterocycles. The summed E-state index contributed by atoms with van der Waals surface area (Å²) in [6, 6.07) is 20.0. The highest BCUT2D eigenvalue weighted by atomic mass is 16.5. The van der Waals surface area contributed by atoms with Crippen molar-refractivity contribution in [1.29, 1.82) is 0 Å². The summed E-state index contributed by atoms with van der Waals surface area (Å²) in [5.74, 6) is -0.128. The van der Waals surface area contributed by atoms with Gasteiger partial charge in [0.25, 0.3) is 5.91 Å². The summed E-state index contributed by atoms with van der Waals surface area (Å²) in [5.41, 5.74) is 2.42. The Labute approximate surface area is 169 Å². The fourth-order valence-corrected chi connectivity index (χ4v) is 2.80. The van der Waals surface area contributed by atoms with Crippen molar-refractivity contribution < 1.29 is 14.3 Å². The van der Waals surface area contributed by atoms with E-state index < -0.39 is 5.97 Å². The van der Waals surface area contributed by atoms with Gasteiger partial charge in [-0.2, -0.15) is 0 Å². The maximum absolute atomic E-state index is 12.8. The quantitative estimate of drug-likeness (QED) is 0.620. The van der Waals surface area contributed by atoms with Gasteiger partial charge in [0.1, 0.15) is 0 Å². The highest BCUT2D eigenvalue weighted by Crippen LogP contribution is 2.17. The zero-order chi connectivity index (χ0) is 20.6. The fraction of sp³-hybridized carbons (Fsp3) is 0.182. The van der Waals surface area contributed by atoms with Crippen molar-refractivity contribution in [3.05, 3.63) is 83.6 Å². The Kier molecular flexibility index (Phi) is 6.52. The molecule has 0 aliphatic heterocycles. The molecule has 3 rings (SSSR count). The molecule has 0 unspecified atom stereocenters. The maximum Gasteiger partial charge on any atom is 0.337 e. The first-order valence-electron chi connectivity index (χ1n) is 9.23. The number of hydrogen-bond acceptors (Lipinski definition) is 6. The second-order valence-electron chi connectivity index (χ2n) is 6.31. The molecule has 7 nitrogen and oxygen atoms in total. The summed E-state index contributed by atoms with van der Waals surface area (Å²) in [4.78, 5) is 26.1. The molecular weight excluding hydrogens is 368 g/mol. The van der Waals surface area contributed by atoms with Gasteiger partial charge in [-0.15, -0.1) is 10.2 Å². The van der Waals surface area contributed by atoms with Gasteiger partial charge in [-0.3, -0.25) is 4.79 Å². The fourth-order valence-electron chi connectivity index (χ4n) is 2.80. The molecule has 148 valence electrons. The number of benzene rings is 2. The van der Waals surface area contributed by atoms with Crippen LogP contribution in [0.25, 0.3) is 0 Å². The number of hydrogen-bond donors (Lipinski definition) is 1. The second-order valence-corrected chi connectivity index (χ2v) is 6.31. The number of nitrogens with one attached hydrogen (secondary N) is 1. The zero-order valence-electron chi connectivity index (χ0n) is 16.3. The Hall–Kier alpha value is -3.74. The predicted molar refractivity (Wildman–Crippen MR) is 110 cm³/mol. The molecule has 2 aromatic carbocycles. The van der Waals surface area contributed by atoms with Crippen molar-refractivity contribution in [3.63, 3.8) is 0 Å². The number of methoxy groups -OCH3 is 1. The largest absolute Gasteiger partial charge is 0.465 e. The molecule has 0 aliphatic carbocycles. The highest BCUT2D eigenvalue weighted by molar-refractivity contribution is 5.92. The number of esters is 1. The van der Waals surface area contributed by atoms with Crippen molar-refractivity contribution in [2.45, 2.75) is 13.5 Å². The topological polar surface area (TPSA) is 84.4 Å². The SMILES string of the molecule is CCN(Cc1ccccc1)C(=O)c1ccc(Nc2cccc(C(=O)OC)c2)nn1. The van der Waals surface area contributed by atoms with Gasteiger partial charge in [-0.25, -0.2) is 4.79 Å². The van der Waals surface area contributed by atoms with Crippen molar-refractivity contribution >= 4 is 23.4 Å². The molecule has 1 N–H and O–H groups in total. The van der Waals surface area contributed by atoms with E-state index in [2.05, 4.69) is 15.5 Å². The Morgan fingerprint density at radius 1 is 1.00 bits per heavy atom. The minimum absolute atomic E-state index is 0.178. The first-order valence-corrected chi connectivity index (χ1v) is 9.23. The normalized spacial score (nSPS) is 10.3. The number of aromatic nitrogens is 2. The van der Waals surface area contributed by atoms with Crippen LogP contribution in [0.15, 0.2) is 66.7 Å². The van der Waals surface area contributed by atoms with E-state index in [4.69, 9.17) is 4.74 Å². The third-order valence-corrected chi connectivity index (χ3v) is 4.32. The number of rotatable bonds is 7. The maximum atomic E-state index is 12.8. The van der Waals surface area contributed by atoms with Gasteiger partial charge in [0.2, 0.25) is 0 Å². The summed E-state index contributed by atoms with van der Waals surface area (Å²) in [5, 5.41) is 11.2. The van der Waals surface area contributed by atoms with E-state index in [-0.39, 0.29) is 11.6 Å². The molecule has 3 aromatic rings. The lowest BCUT2D eigenvalue weighted by atomic mass is 10.2. The Balaban J connectivity index is 1.69. The zero-order valence-corrected chi connectivity index (χ0v) is 16.3. The summed E-state index contributed by atoms with van der Waals surface area (Å²) in [6.45, 7) is 3.01. The third-order valence-electron chi connectivity index (χ3n) is 4.32. The minimum atomic E-state index is -0.418. The molecule has 29 heavy (non-hydrogen) atoms. The van der Waals surface area contributed by atoms with Crippen LogP contribution in [0.4, 0.5) is 11.5 Å². The molecule has 0 atom stereocenters.